The monoisotopic (exact) mass is 257 g/mol. The minimum atomic E-state index is -9.80. The minimum absolute atomic E-state index is 0.189. The van der Waals surface area contributed by atoms with E-state index in [0.717, 1.165) is 0 Å². The fourth-order valence-electron chi connectivity index (χ4n) is 0.615. The highest BCUT2D eigenvalue weighted by atomic mass is 35.5. The molecular weight excluding hydrogens is 256 g/mol. The van der Waals surface area contributed by atoms with Crippen molar-refractivity contribution >= 4 is 21.8 Å². The summed E-state index contributed by atoms with van der Waals surface area (Å²) in [7, 11) is -9.80. The van der Waals surface area contributed by atoms with E-state index in [1.807, 2.05) is 0 Å². The summed E-state index contributed by atoms with van der Waals surface area (Å²) in [4.78, 5) is 0.158. The topological polar surface area (TPSA) is 12.9 Å². The van der Waals surface area contributed by atoms with Crippen LogP contribution >= 0.6 is 21.8 Å². The average Bonchev–Trinajstić information content (AvgIpc) is 1.89. The van der Waals surface area contributed by atoms with Gasteiger partial charge in [-0.3, -0.25) is 0 Å². The van der Waals surface area contributed by atoms with E-state index in [2.05, 4.69) is 4.98 Å². The lowest BCUT2D eigenvalue weighted by atomic mass is 10.5. The summed E-state index contributed by atoms with van der Waals surface area (Å²) in [6, 6.07) is -0.189. The Morgan fingerprint density at radius 3 is 2.00 bits per heavy atom. The second-order valence-corrected chi connectivity index (χ2v) is 5.23. The van der Waals surface area contributed by atoms with E-state index >= 15 is 0 Å². The van der Waals surface area contributed by atoms with Gasteiger partial charge in [-0.15, -0.1) is 0 Å². The average molecular weight is 258 g/mol. The molecule has 0 aliphatic carbocycles. The molecule has 1 nitrogen and oxygen atoms in total. The Labute approximate surface area is 79.4 Å². The lowest BCUT2D eigenvalue weighted by Gasteiger charge is -2.40. The third kappa shape index (κ3) is 2.44. The van der Waals surface area contributed by atoms with Crippen molar-refractivity contribution in [1.29, 1.82) is 0 Å². The maximum absolute atomic E-state index is 12.3. The van der Waals surface area contributed by atoms with Crippen molar-refractivity contribution in [3.8, 4) is 0 Å². The van der Waals surface area contributed by atoms with Crippen molar-refractivity contribution in [3.05, 3.63) is 23.2 Å². The van der Waals surface area contributed by atoms with Gasteiger partial charge in [0.1, 0.15) is 4.90 Å². The summed E-state index contributed by atoms with van der Waals surface area (Å²) in [5, 5.41) is -1.10. The molecule has 1 heterocycles. The molecule has 0 fully saturated rings. The Morgan fingerprint density at radius 2 is 1.64 bits per heavy atom. The number of nitrogens with zero attached hydrogens (tertiary/aromatic N) is 1. The van der Waals surface area contributed by atoms with Gasteiger partial charge >= 0.3 is 10.2 Å². The van der Waals surface area contributed by atoms with E-state index in [1.165, 1.54) is 0 Å². The predicted octanol–water partition coefficient (Wildman–Crippen LogP) is 4.53. The molecule has 0 N–H and O–H groups in total. The van der Waals surface area contributed by atoms with Gasteiger partial charge in [0.2, 0.25) is 5.95 Å². The van der Waals surface area contributed by atoms with Crippen LogP contribution in [0.15, 0.2) is 17.2 Å². The van der Waals surface area contributed by atoms with Gasteiger partial charge in [-0.1, -0.05) is 31.0 Å². The van der Waals surface area contributed by atoms with E-state index in [1.54, 1.807) is 0 Å². The maximum Gasteiger partial charge on any atom is 0.311 e. The number of hydrogen-bond acceptors (Lipinski definition) is 1. The molecule has 0 saturated heterocycles. The van der Waals surface area contributed by atoms with Gasteiger partial charge in [-0.05, 0) is 6.07 Å². The van der Waals surface area contributed by atoms with Crippen molar-refractivity contribution in [2.45, 2.75) is 4.90 Å². The van der Waals surface area contributed by atoms with Gasteiger partial charge in [-0.2, -0.15) is 4.39 Å². The standard InChI is InChI=1S/C5H2ClF6NS/c6-4-1-3(2-13-5(4)7)14(8,9,10,11)12/h1-2H. The Hall–Kier alpha value is -0.630. The third-order valence-corrected chi connectivity index (χ3v) is 2.60. The first-order chi connectivity index (χ1) is 5.90. The molecular formula is C5H2ClF6NS. The Kier molecular flexibility index (Phi) is 1.88. The Balaban J connectivity index is 3.45. The third-order valence-electron chi connectivity index (χ3n) is 1.22. The van der Waals surface area contributed by atoms with E-state index in [9.17, 15) is 23.8 Å². The molecule has 1 rings (SSSR count). The largest absolute Gasteiger partial charge is 0.311 e. The van der Waals surface area contributed by atoms with Crippen LogP contribution in [0.3, 0.4) is 0 Å². The predicted molar refractivity (Wildman–Crippen MR) is 40.6 cm³/mol. The zero-order valence-corrected chi connectivity index (χ0v) is 7.73. The maximum atomic E-state index is 12.3. The van der Waals surface area contributed by atoms with Crippen LogP contribution in [0.4, 0.5) is 23.8 Å². The molecule has 0 unspecified atom stereocenters. The van der Waals surface area contributed by atoms with Crippen LogP contribution < -0.4 is 0 Å². The fraction of sp³-hybridized carbons (Fsp3) is 0. The lowest BCUT2D eigenvalue weighted by molar-refractivity contribution is 0.363. The van der Waals surface area contributed by atoms with Crippen LogP contribution in [0.25, 0.3) is 0 Å². The lowest BCUT2D eigenvalue weighted by Crippen LogP contribution is -2.07. The normalized spacial score (nSPS) is 17.4. The molecule has 0 atom stereocenters. The van der Waals surface area contributed by atoms with Gasteiger partial charge < -0.3 is 0 Å². The molecule has 0 aromatic carbocycles. The molecule has 82 valence electrons. The van der Waals surface area contributed by atoms with Gasteiger partial charge in [0.05, 0.1) is 11.2 Å². The molecule has 0 spiro atoms. The Morgan fingerprint density at radius 1 is 1.14 bits per heavy atom. The Bertz CT molecular complexity index is 386. The summed E-state index contributed by atoms with van der Waals surface area (Å²) in [6.45, 7) is 0. The quantitative estimate of drug-likeness (QED) is 0.532. The molecule has 14 heavy (non-hydrogen) atoms. The number of rotatable bonds is 1. The van der Waals surface area contributed by atoms with Crippen LogP contribution in [0, 0.1) is 5.95 Å². The molecule has 0 radical (unpaired) electrons. The van der Waals surface area contributed by atoms with Crippen molar-refractivity contribution in [3.63, 3.8) is 0 Å². The summed E-state index contributed by atoms with van der Waals surface area (Å²) >= 11 is 4.89. The molecule has 0 amide bonds. The first kappa shape index (κ1) is 11.4. The van der Waals surface area contributed by atoms with Gasteiger partial charge in [-0.25, -0.2) is 4.98 Å². The summed E-state index contributed by atoms with van der Waals surface area (Å²) in [5.74, 6) is -1.43. The molecule has 9 heteroatoms. The molecule has 1 aromatic heterocycles. The first-order valence-corrected chi connectivity index (χ1v) is 5.28. The summed E-state index contributed by atoms with van der Waals surface area (Å²) in [6.07, 6.45) is -0.289. The van der Waals surface area contributed by atoms with Gasteiger partial charge in [0.15, 0.2) is 0 Å². The van der Waals surface area contributed by atoms with Crippen LogP contribution in [0.2, 0.25) is 5.02 Å². The van der Waals surface area contributed by atoms with Crippen LogP contribution in [0.1, 0.15) is 0 Å². The van der Waals surface area contributed by atoms with Crippen molar-refractivity contribution in [2.24, 2.45) is 0 Å². The summed E-state index contributed by atoms with van der Waals surface area (Å²) < 4.78 is 72.5. The second kappa shape index (κ2) is 2.30. The van der Waals surface area contributed by atoms with Gasteiger partial charge in [0, 0.05) is 0 Å². The molecule has 0 aliphatic heterocycles. The summed E-state index contributed by atoms with van der Waals surface area (Å²) in [5.41, 5.74) is 0. The number of hydrogen-bond donors (Lipinski definition) is 0. The van der Waals surface area contributed by atoms with Crippen LogP contribution in [0.5, 0.6) is 0 Å². The second-order valence-electron chi connectivity index (χ2n) is 2.41. The SMILES string of the molecule is Fc1ncc(S(F)(F)(F)(F)F)cc1Cl. The number of pyridine rings is 1. The van der Waals surface area contributed by atoms with E-state index in [4.69, 9.17) is 11.6 Å². The van der Waals surface area contributed by atoms with E-state index < -0.39 is 26.1 Å². The van der Waals surface area contributed by atoms with Crippen molar-refractivity contribution in [2.75, 3.05) is 0 Å². The number of halogens is 7. The van der Waals surface area contributed by atoms with E-state index in [0.29, 0.717) is 0 Å². The smallest absolute Gasteiger partial charge is 0.225 e. The zero-order valence-electron chi connectivity index (χ0n) is 6.16. The first-order valence-electron chi connectivity index (χ1n) is 2.95. The molecule has 1 aromatic rings. The molecule has 0 saturated carbocycles. The highest BCUT2D eigenvalue weighted by molar-refractivity contribution is 8.45. The fourth-order valence-corrected chi connectivity index (χ4v) is 1.44. The van der Waals surface area contributed by atoms with E-state index in [-0.39, 0.29) is 12.3 Å². The van der Waals surface area contributed by atoms with Crippen molar-refractivity contribution in [1.82, 2.24) is 4.98 Å². The highest BCUT2D eigenvalue weighted by Crippen LogP contribution is 3.02. The zero-order chi connectivity index (χ0) is 11.3. The van der Waals surface area contributed by atoms with Crippen LogP contribution in [-0.2, 0) is 0 Å². The van der Waals surface area contributed by atoms with Crippen LogP contribution in [-0.4, -0.2) is 4.98 Å². The highest BCUT2D eigenvalue weighted by Gasteiger charge is 2.65. The molecule has 0 aliphatic rings. The number of aromatic nitrogens is 1. The van der Waals surface area contributed by atoms with Crippen molar-refractivity contribution < 1.29 is 23.8 Å². The van der Waals surface area contributed by atoms with Gasteiger partial charge in [0.25, 0.3) is 0 Å². The molecule has 0 bridgehead atoms. The minimum Gasteiger partial charge on any atom is -0.225 e.